The van der Waals surface area contributed by atoms with Crippen LogP contribution >= 0.6 is 0 Å². The molecule has 19 heavy (non-hydrogen) atoms. The fraction of sp³-hybridized carbons (Fsp3) is 0.533. The van der Waals surface area contributed by atoms with Gasteiger partial charge >= 0.3 is 0 Å². The maximum Gasteiger partial charge on any atom is 0.248 e. The van der Waals surface area contributed by atoms with Crippen LogP contribution in [-0.2, 0) is 11.2 Å². The van der Waals surface area contributed by atoms with E-state index in [4.69, 9.17) is 0 Å². The Morgan fingerprint density at radius 2 is 2.16 bits per heavy atom. The molecule has 1 aliphatic heterocycles. The van der Waals surface area contributed by atoms with E-state index in [2.05, 4.69) is 5.32 Å². The number of alkyl halides is 2. The van der Waals surface area contributed by atoms with Crippen molar-refractivity contribution < 1.29 is 13.6 Å². The molecule has 1 aliphatic carbocycles. The highest BCUT2D eigenvalue weighted by Gasteiger charge is 2.40. The normalized spacial score (nSPS) is 27.9. The lowest BCUT2D eigenvalue weighted by Gasteiger charge is -2.14. The van der Waals surface area contributed by atoms with Gasteiger partial charge in [0.1, 0.15) is 0 Å². The second-order valence-electron chi connectivity index (χ2n) is 5.69. The van der Waals surface area contributed by atoms with E-state index >= 15 is 0 Å². The molecular formula is C15H17F2NO. The Morgan fingerprint density at radius 3 is 2.84 bits per heavy atom. The van der Waals surface area contributed by atoms with Crippen LogP contribution in [0.4, 0.5) is 14.5 Å². The predicted molar refractivity (Wildman–Crippen MR) is 69.5 cm³/mol. The minimum atomic E-state index is -2.56. The number of hydrogen-bond acceptors (Lipinski definition) is 2. The highest BCUT2D eigenvalue weighted by Crippen LogP contribution is 2.41. The van der Waals surface area contributed by atoms with Gasteiger partial charge in [0.25, 0.3) is 0 Å². The first-order chi connectivity index (χ1) is 9.03. The molecule has 1 fully saturated rings. The molecule has 2 atom stereocenters. The van der Waals surface area contributed by atoms with Gasteiger partial charge in [0, 0.05) is 31.4 Å². The molecular weight excluding hydrogens is 248 g/mol. The third-order valence-electron chi connectivity index (χ3n) is 4.16. The fourth-order valence-electron chi connectivity index (χ4n) is 3.13. The summed E-state index contributed by atoms with van der Waals surface area (Å²) in [5.41, 5.74) is 2.13. The molecule has 4 heteroatoms. The van der Waals surface area contributed by atoms with Crippen molar-refractivity contribution in [2.24, 2.45) is 5.92 Å². The first-order valence-electron chi connectivity index (χ1n) is 6.78. The summed E-state index contributed by atoms with van der Waals surface area (Å²) in [5.74, 6) is -2.64. The van der Waals surface area contributed by atoms with Gasteiger partial charge in [0.2, 0.25) is 5.92 Å². The lowest BCUT2D eigenvalue weighted by molar-refractivity contribution is -0.120. The number of fused-ring (bicyclic) bond motifs is 1. The lowest BCUT2D eigenvalue weighted by atomic mass is 9.96. The Morgan fingerprint density at radius 1 is 1.37 bits per heavy atom. The number of anilines is 1. The van der Waals surface area contributed by atoms with E-state index in [9.17, 15) is 13.6 Å². The number of Topliss-reactive ketones (excluding diaryl/α,β-unsaturated/α-hetero) is 1. The molecule has 0 radical (unpaired) electrons. The van der Waals surface area contributed by atoms with Gasteiger partial charge in [-0.3, -0.25) is 4.79 Å². The zero-order chi connectivity index (χ0) is 13.5. The second kappa shape index (κ2) is 4.58. The van der Waals surface area contributed by atoms with Crippen LogP contribution in [0.1, 0.15) is 31.2 Å². The number of halogens is 2. The summed E-state index contributed by atoms with van der Waals surface area (Å²) in [6.45, 7) is 0. The van der Waals surface area contributed by atoms with Crippen LogP contribution in [0.15, 0.2) is 24.3 Å². The van der Waals surface area contributed by atoms with Crippen molar-refractivity contribution in [3.63, 3.8) is 0 Å². The van der Waals surface area contributed by atoms with E-state index in [0.29, 0.717) is 12.8 Å². The molecule has 1 saturated carbocycles. The molecule has 3 rings (SSSR count). The molecule has 0 saturated heterocycles. The highest BCUT2D eigenvalue weighted by molar-refractivity contribution is 5.89. The van der Waals surface area contributed by atoms with Gasteiger partial charge in [-0.05, 0) is 24.0 Å². The van der Waals surface area contributed by atoms with Crippen LogP contribution in [-0.4, -0.2) is 17.7 Å². The second-order valence-corrected chi connectivity index (χ2v) is 5.69. The summed E-state index contributed by atoms with van der Waals surface area (Å²) in [4.78, 5) is 12.2. The van der Waals surface area contributed by atoms with Crippen LogP contribution < -0.4 is 5.32 Å². The van der Waals surface area contributed by atoms with Gasteiger partial charge in [0.15, 0.2) is 5.78 Å². The van der Waals surface area contributed by atoms with Crippen LogP contribution in [0.5, 0.6) is 0 Å². The van der Waals surface area contributed by atoms with Gasteiger partial charge in [0.05, 0.1) is 6.04 Å². The Labute approximate surface area is 111 Å². The Balaban J connectivity index is 1.59. The van der Waals surface area contributed by atoms with Crippen molar-refractivity contribution in [2.75, 3.05) is 5.32 Å². The summed E-state index contributed by atoms with van der Waals surface area (Å²) in [5, 5.41) is 3.19. The fourth-order valence-corrected chi connectivity index (χ4v) is 3.13. The van der Waals surface area contributed by atoms with Crippen molar-refractivity contribution >= 4 is 11.5 Å². The monoisotopic (exact) mass is 265 g/mol. The molecule has 102 valence electrons. The number of para-hydroxylation sites is 1. The summed E-state index contributed by atoms with van der Waals surface area (Å²) >= 11 is 0. The minimum Gasteiger partial charge on any atom is -0.375 e. The zero-order valence-corrected chi connectivity index (χ0v) is 10.7. The maximum atomic E-state index is 13.1. The van der Waals surface area contributed by atoms with Crippen molar-refractivity contribution in [2.45, 2.75) is 44.1 Å². The van der Waals surface area contributed by atoms with Gasteiger partial charge < -0.3 is 5.32 Å². The minimum absolute atomic E-state index is 0.0662. The van der Waals surface area contributed by atoms with Crippen LogP contribution in [0.2, 0.25) is 0 Å². The molecule has 1 aromatic carbocycles. The van der Waals surface area contributed by atoms with Crippen molar-refractivity contribution in [3.8, 4) is 0 Å². The number of nitrogens with one attached hydrogen (secondary N) is 1. The molecule has 1 aromatic rings. The van der Waals surface area contributed by atoms with Crippen LogP contribution in [0.3, 0.4) is 0 Å². The van der Waals surface area contributed by atoms with Gasteiger partial charge in [-0.15, -0.1) is 0 Å². The standard InChI is InChI=1S/C15H17F2NO/c16-15(17)6-5-10(9-15)7-14(19)13-8-11-3-1-2-4-12(11)18-13/h1-4,10,13,18H,5-9H2. The number of hydrogen-bond donors (Lipinski definition) is 1. The van der Waals surface area contributed by atoms with Crippen molar-refractivity contribution in [1.82, 2.24) is 0 Å². The van der Waals surface area contributed by atoms with E-state index in [1.54, 1.807) is 0 Å². The lowest BCUT2D eigenvalue weighted by Crippen LogP contribution is -2.28. The average Bonchev–Trinajstić information content (AvgIpc) is 2.92. The quantitative estimate of drug-likeness (QED) is 0.907. The number of ketones is 1. The summed E-state index contributed by atoms with van der Waals surface area (Å²) < 4.78 is 26.2. The Bertz CT molecular complexity index is 476. The first kappa shape index (κ1) is 12.6. The molecule has 0 spiro atoms. The molecule has 2 nitrogen and oxygen atoms in total. The smallest absolute Gasteiger partial charge is 0.248 e. The first-order valence-corrected chi connectivity index (χ1v) is 6.78. The van der Waals surface area contributed by atoms with E-state index in [-0.39, 0.29) is 37.0 Å². The molecule has 1 N–H and O–H groups in total. The largest absolute Gasteiger partial charge is 0.375 e. The van der Waals surface area contributed by atoms with E-state index in [0.717, 1.165) is 11.3 Å². The zero-order valence-electron chi connectivity index (χ0n) is 10.7. The molecule has 0 aromatic heterocycles. The number of carbonyl (C=O) groups is 1. The van der Waals surface area contributed by atoms with Crippen molar-refractivity contribution in [3.05, 3.63) is 29.8 Å². The maximum absolute atomic E-state index is 13.1. The Hall–Kier alpha value is -1.45. The van der Waals surface area contributed by atoms with Crippen LogP contribution in [0, 0.1) is 5.92 Å². The third kappa shape index (κ3) is 2.62. The number of benzene rings is 1. The van der Waals surface area contributed by atoms with E-state index in [1.165, 1.54) is 0 Å². The topological polar surface area (TPSA) is 29.1 Å². The summed E-state index contributed by atoms with van der Waals surface area (Å²) in [7, 11) is 0. The van der Waals surface area contributed by atoms with E-state index in [1.807, 2.05) is 24.3 Å². The number of rotatable bonds is 3. The van der Waals surface area contributed by atoms with Gasteiger partial charge in [-0.25, -0.2) is 8.78 Å². The molecule has 0 amide bonds. The Kier molecular flexibility index (Phi) is 3.03. The third-order valence-corrected chi connectivity index (χ3v) is 4.16. The summed E-state index contributed by atoms with van der Waals surface area (Å²) in [6, 6.07) is 7.60. The van der Waals surface area contributed by atoms with Crippen molar-refractivity contribution in [1.29, 1.82) is 0 Å². The van der Waals surface area contributed by atoms with Gasteiger partial charge in [-0.1, -0.05) is 18.2 Å². The predicted octanol–water partition coefficient (Wildman–Crippen LogP) is 3.42. The number of carbonyl (C=O) groups excluding carboxylic acids is 1. The van der Waals surface area contributed by atoms with Crippen LogP contribution in [0.25, 0.3) is 0 Å². The SMILES string of the molecule is O=C(CC1CCC(F)(F)C1)C1Cc2ccccc2N1. The molecule has 1 heterocycles. The molecule has 0 bridgehead atoms. The van der Waals surface area contributed by atoms with E-state index < -0.39 is 5.92 Å². The average molecular weight is 265 g/mol. The summed E-state index contributed by atoms with van der Waals surface area (Å²) in [6.07, 6.45) is 1.24. The highest BCUT2D eigenvalue weighted by atomic mass is 19.3. The van der Waals surface area contributed by atoms with Gasteiger partial charge in [-0.2, -0.15) is 0 Å². The molecule has 2 aliphatic rings. The molecule has 2 unspecified atom stereocenters.